The van der Waals surface area contributed by atoms with E-state index in [4.69, 9.17) is 11.0 Å². The summed E-state index contributed by atoms with van der Waals surface area (Å²) in [5, 5.41) is 8.51. The fourth-order valence-corrected chi connectivity index (χ4v) is 0.981. The number of hydrogen-bond acceptors (Lipinski definition) is 2. The second-order valence-electron chi connectivity index (χ2n) is 2.49. The van der Waals surface area contributed by atoms with Crippen LogP contribution in [0.1, 0.15) is 19.8 Å². The number of nitrogens with two attached hydrogens (primary N) is 1. The number of nitrogens with zero attached hydrogens (tertiary/aromatic N) is 1. The molecule has 0 saturated carbocycles. The first kappa shape index (κ1) is 6.88. The first-order chi connectivity index (χ1) is 4.74. The van der Waals surface area contributed by atoms with Gasteiger partial charge < -0.3 is 5.73 Å². The van der Waals surface area contributed by atoms with Crippen LogP contribution in [0.3, 0.4) is 0 Å². The zero-order valence-corrected chi connectivity index (χ0v) is 6.02. The third-order valence-electron chi connectivity index (χ3n) is 1.70. The van der Waals surface area contributed by atoms with Gasteiger partial charge in [-0.15, -0.1) is 0 Å². The van der Waals surface area contributed by atoms with Crippen LogP contribution in [-0.4, -0.2) is 0 Å². The van der Waals surface area contributed by atoms with E-state index in [1.54, 1.807) is 0 Å². The predicted molar refractivity (Wildman–Crippen MR) is 39.8 cm³/mol. The molecule has 0 unspecified atom stereocenters. The van der Waals surface area contributed by atoms with Gasteiger partial charge in [0.1, 0.15) is 0 Å². The van der Waals surface area contributed by atoms with Gasteiger partial charge >= 0.3 is 0 Å². The Morgan fingerprint density at radius 3 is 2.80 bits per heavy atom. The molecule has 1 aliphatic rings. The first-order valence-corrected chi connectivity index (χ1v) is 3.30. The quantitative estimate of drug-likeness (QED) is 0.545. The number of rotatable bonds is 0. The summed E-state index contributed by atoms with van der Waals surface area (Å²) in [6, 6.07) is 2.13. The maximum Gasteiger partial charge on any atom is 0.0947 e. The predicted octanol–water partition coefficient (Wildman–Crippen LogP) is 1.46. The Morgan fingerprint density at radius 1 is 1.60 bits per heavy atom. The molecule has 2 N–H and O–H groups in total. The summed E-state index contributed by atoms with van der Waals surface area (Å²) >= 11 is 0. The van der Waals surface area contributed by atoms with E-state index in [9.17, 15) is 0 Å². The van der Waals surface area contributed by atoms with Crippen molar-refractivity contribution in [2.45, 2.75) is 19.8 Å². The van der Waals surface area contributed by atoms with Crippen LogP contribution in [0.5, 0.6) is 0 Å². The van der Waals surface area contributed by atoms with E-state index in [-0.39, 0.29) is 0 Å². The standard InChI is InChI=1S/C8H10N2/c1-6-4-7(5-9)2-3-8(6)10/h4H,2-3,10H2,1H3. The van der Waals surface area contributed by atoms with Crippen LogP contribution in [-0.2, 0) is 0 Å². The van der Waals surface area contributed by atoms with Crippen LogP contribution in [0.25, 0.3) is 0 Å². The minimum Gasteiger partial charge on any atom is -0.402 e. The number of nitriles is 1. The Balaban J connectivity index is 2.89. The average Bonchev–Trinajstić information content (AvgIpc) is 1.95. The number of hydrogen-bond donors (Lipinski definition) is 1. The SMILES string of the molecule is CC1=C(N)CCC(C#N)=C1. The lowest BCUT2D eigenvalue weighted by Crippen LogP contribution is -2.04. The van der Waals surface area contributed by atoms with E-state index in [1.807, 2.05) is 13.0 Å². The van der Waals surface area contributed by atoms with Crippen LogP contribution in [0.2, 0.25) is 0 Å². The van der Waals surface area contributed by atoms with Crippen LogP contribution < -0.4 is 5.73 Å². The Hall–Kier alpha value is -1.23. The van der Waals surface area contributed by atoms with Crippen molar-refractivity contribution >= 4 is 0 Å². The van der Waals surface area contributed by atoms with Crippen LogP contribution in [0.4, 0.5) is 0 Å². The molecule has 2 nitrogen and oxygen atoms in total. The molecular formula is C8H10N2. The van der Waals surface area contributed by atoms with E-state index in [2.05, 4.69) is 6.07 Å². The molecule has 0 amide bonds. The molecule has 0 fully saturated rings. The second kappa shape index (κ2) is 2.57. The van der Waals surface area contributed by atoms with Crippen LogP contribution >= 0.6 is 0 Å². The van der Waals surface area contributed by atoms with Crippen molar-refractivity contribution in [3.8, 4) is 6.07 Å². The molecule has 1 rings (SSSR count). The molecule has 2 heteroatoms. The lowest BCUT2D eigenvalue weighted by atomic mass is 9.99. The molecule has 0 aromatic carbocycles. The van der Waals surface area contributed by atoms with Gasteiger partial charge in [-0.25, -0.2) is 0 Å². The zero-order valence-electron chi connectivity index (χ0n) is 6.02. The normalized spacial score (nSPS) is 18.2. The summed E-state index contributed by atoms with van der Waals surface area (Å²) in [5.74, 6) is 0. The Morgan fingerprint density at radius 2 is 2.30 bits per heavy atom. The average molecular weight is 134 g/mol. The molecule has 0 atom stereocenters. The van der Waals surface area contributed by atoms with Crippen molar-refractivity contribution < 1.29 is 0 Å². The van der Waals surface area contributed by atoms with Crippen molar-refractivity contribution in [2.75, 3.05) is 0 Å². The Bertz CT molecular complexity index is 240. The third-order valence-corrected chi connectivity index (χ3v) is 1.70. The lowest BCUT2D eigenvalue weighted by molar-refractivity contribution is 0.895. The smallest absolute Gasteiger partial charge is 0.0947 e. The fraction of sp³-hybridized carbons (Fsp3) is 0.375. The topological polar surface area (TPSA) is 49.8 Å². The highest BCUT2D eigenvalue weighted by Gasteiger charge is 2.06. The minimum absolute atomic E-state index is 0.805. The first-order valence-electron chi connectivity index (χ1n) is 3.30. The van der Waals surface area contributed by atoms with Crippen molar-refractivity contribution in [2.24, 2.45) is 5.73 Å². The lowest BCUT2D eigenvalue weighted by Gasteiger charge is -2.09. The molecule has 52 valence electrons. The third kappa shape index (κ3) is 1.19. The Labute approximate surface area is 60.6 Å². The summed E-state index contributed by atoms with van der Waals surface area (Å²) in [5.41, 5.74) is 8.42. The monoisotopic (exact) mass is 134 g/mol. The molecule has 1 aliphatic carbocycles. The summed E-state index contributed by atoms with van der Waals surface area (Å²) in [7, 11) is 0. The summed E-state index contributed by atoms with van der Waals surface area (Å²) in [6.07, 6.45) is 3.50. The van der Waals surface area contributed by atoms with Gasteiger partial charge in [-0.2, -0.15) is 5.26 Å². The largest absolute Gasteiger partial charge is 0.402 e. The van der Waals surface area contributed by atoms with Gasteiger partial charge in [0.15, 0.2) is 0 Å². The van der Waals surface area contributed by atoms with Gasteiger partial charge in [-0.3, -0.25) is 0 Å². The minimum atomic E-state index is 0.805. The van der Waals surface area contributed by atoms with Gasteiger partial charge in [0.05, 0.1) is 6.07 Å². The summed E-state index contributed by atoms with van der Waals surface area (Å²) < 4.78 is 0. The molecule has 0 aliphatic heterocycles. The number of allylic oxidation sites excluding steroid dienone is 4. The molecule has 0 spiro atoms. The highest BCUT2D eigenvalue weighted by Crippen LogP contribution is 2.19. The maximum atomic E-state index is 8.51. The van der Waals surface area contributed by atoms with Gasteiger partial charge in [0.2, 0.25) is 0 Å². The Kier molecular flexibility index (Phi) is 1.77. The van der Waals surface area contributed by atoms with Crippen LogP contribution in [0, 0.1) is 11.3 Å². The fourth-order valence-electron chi connectivity index (χ4n) is 0.981. The molecule has 0 heterocycles. The summed E-state index contributed by atoms with van der Waals surface area (Å²) in [4.78, 5) is 0. The van der Waals surface area contributed by atoms with Crippen molar-refractivity contribution in [1.29, 1.82) is 5.26 Å². The van der Waals surface area contributed by atoms with E-state index in [0.717, 1.165) is 29.7 Å². The summed E-state index contributed by atoms with van der Waals surface area (Å²) in [6.45, 7) is 1.94. The van der Waals surface area contributed by atoms with Gasteiger partial charge in [0.25, 0.3) is 0 Å². The molecule has 0 aromatic heterocycles. The molecule has 0 bridgehead atoms. The molecular weight excluding hydrogens is 124 g/mol. The van der Waals surface area contributed by atoms with Gasteiger partial charge in [0, 0.05) is 11.3 Å². The molecule has 10 heavy (non-hydrogen) atoms. The van der Waals surface area contributed by atoms with Crippen molar-refractivity contribution in [3.05, 3.63) is 22.9 Å². The van der Waals surface area contributed by atoms with Crippen molar-refractivity contribution in [3.63, 3.8) is 0 Å². The highest BCUT2D eigenvalue weighted by molar-refractivity contribution is 5.36. The van der Waals surface area contributed by atoms with Crippen LogP contribution in [0.15, 0.2) is 22.9 Å². The van der Waals surface area contributed by atoms with E-state index >= 15 is 0 Å². The molecule has 0 saturated heterocycles. The second-order valence-corrected chi connectivity index (χ2v) is 2.49. The molecule has 0 aromatic rings. The van der Waals surface area contributed by atoms with Crippen molar-refractivity contribution in [1.82, 2.24) is 0 Å². The van der Waals surface area contributed by atoms with Gasteiger partial charge in [-0.05, 0) is 31.4 Å². The van der Waals surface area contributed by atoms with E-state index in [0.29, 0.717) is 0 Å². The zero-order chi connectivity index (χ0) is 7.56. The molecule has 0 radical (unpaired) electrons. The van der Waals surface area contributed by atoms with Gasteiger partial charge in [-0.1, -0.05) is 0 Å². The maximum absolute atomic E-state index is 8.51. The highest BCUT2D eigenvalue weighted by atomic mass is 14.6. The van der Waals surface area contributed by atoms with E-state index in [1.165, 1.54) is 0 Å². The van der Waals surface area contributed by atoms with E-state index < -0.39 is 0 Å².